The minimum absolute atomic E-state index is 0.00647. The van der Waals surface area contributed by atoms with Crippen LogP contribution in [0.5, 0.6) is 0 Å². The lowest BCUT2D eigenvalue weighted by molar-refractivity contribution is -0.120. The molecule has 0 saturated heterocycles. The van der Waals surface area contributed by atoms with E-state index in [2.05, 4.69) is 26.1 Å². The van der Waals surface area contributed by atoms with Crippen molar-refractivity contribution in [1.29, 1.82) is 0 Å². The van der Waals surface area contributed by atoms with Crippen LogP contribution in [-0.2, 0) is 4.79 Å². The number of amides is 1. The lowest BCUT2D eigenvalue weighted by Gasteiger charge is -2.24. The maximum absolute atomic E-state index is 13.6. The van der Waals surface area contributed by atoms with Crippen LogP contribution in [0.3, 0.4) is 0 Å². The highest BCUT2D eigenvalue weighted by atomic mass is 19.1. The maximum atomic E-state index is 13.6. The van der Waals surface area contributed by atoms with Crippen molar-refractivity contribution in [2.24, 2.45) is 17.1 Å². The van der Waals surface area contributed by atoms with Gasteiger partial charge in [-0.15, -0.1) is 0 Å². The summed E-state index contributed by atoms with van der Waals surface area (Å²) >= 11 is 0. The summed E-state index contributed by atoms with van der Waals surface area (Å²) < 4.78 is 13.6. The van der Waals surface area contributed by atoms with Gasteiger partial charge in [0.15, 0.2) is 0 Å². The van der Waals surface area contributed by atoms with Gasteiger partial charge in [-0.25, -0.2) is 4.39 Å². The van der Waals surface area contributed by atoms with Crippen LogP contribution < -0.4 is 11.1 Å². The minimum atomic E-state index is -0.425. The van der Waals surface area contributed by atoms with Gasteiger partial charge in [-0.3, -0.25) is 4.79 Å². The topological polar surface area (TPSA) is 55.1 Å². The summed E-state index contributed by atoms with van der Waals surface area (Å²) in [4.78, 5) is 12.1. The van der Waals surface area contributed by atoms with E-state index in [0.717, 1.165) is 5.56 Å². The summed E-state index contributed by atoms with van der Waals surface area (Å²) in [5.41, 5.74) is 6.77. The molecule has 0 aliphatic carbocycles. The third-order valence-corrected chi connectivity index (χ3v) is 2.89. The van der Waals surface area contributed by atoms with Crippen LogP contribution in [-0.4, -0.2) is 12.5 Å². The molecular formula is C15H23FN2O. The Labute approximate surface area is 114 Å². The third-order valence-electron chi connectivity index (χ3n) is 2.89. The Bertz CT molecular complexity index is 452. The Hall–Kier alpha value is -1.42. The lowest BCUT2D eigenvalue weighted by atomic mass is 9.84. The number of rotatable bonds is 4. The van der Waals surface area contributed by atoms with Gasteiger partial charge in [-0.2, -0.15) is 0 Å². The van der Waals surface area contributed by atoms with E-state index in [-0.39, 0.29) is 29.5 Å². The number of halogens is 1. The van der Waals surface area contributed by atoms with Crippen molar-refractivity contribution in [3.8, 4) is 0 Å². The number of benzene rings is 1. The Kier molecular flexibility index (Phi) is 5.06. The number of carbonyl (C=O) groups excluding carboxylic acids is 1. The molecule has 1 amide bonds. The second-order valence-electron chi connectivity index (χ2n) is 6.17. The van der Waals surface area contributed by atoms with Crippen molar-refractivity contribution in [3.63, 3.8) is 0 Å². The zero-order chi connectivity index (χ0) is 14.6. The van der Waals surface area contributed by atoms with Crippen LogP contribution in [0.1, 0.15) is 32.8 Å². The number of nitrogens with one attached hydrogen (secondary N) is 1. The van der Waals surface area contributed by atoms with Gasteiger partial charge >= 0.3 is 0 Å². The van der Waals surface area contributed by atoms with Gasteiger partial charge in [0.25, 0.3) is 0 Å². The highest BCUT2D eigenvalue weighted by molar-refractivity contribution is 5.92. The average Bonchev–Trinajstić information content (AvgIpc) is 2.29. The zero-order valence-electron chi connectivity index (χ0n) is 12.1. The normalized spacial score (nSPS) is 13.2. The second kappa shape index (κ2) is 6.15. The van der Waals surface area contributed by atoms with E-state index in [1.54, 1.807) is 12.1 Å². The summed E-state index contributed by atoms with van der Waals surface area (Å²) in [5.74, 6) is -0.952. The van der Waals surface area contributed by atoms with E-state index in [9.17, 15) is 9.18 Å². The van der Waals surface area contributed by atoms with Gasteiger partial charge < -0.3 is 11.1 Å². The SMILES string of the molecule is Cc1ccc(F)c(NC(=O)C(CN)CC(C)(C)C)c1. The largest absolute Gasteiger partial charge is 0.330 e. The van der Waals surface area contributed by atoms with E-state index >= 15 is 0 Å². The molecule has 3 nitrogen and oxygen atoms in total. The highest BCUT2D eigenvalue weighted by Gasteiger charge is 2.24. The van der Waals surface area contributed by atoms with Crippen LogP contribution in [0.15, 0.2) is 18.2 Å². The molecule has 0 saturated carbocycles. The predicted octanol–water partition coefficient (Wildman–Crippen LogP) is 3.08. The van der Waals surface area contributed by atoms with Gasteiger partial charge in [0.1, 0.15) is 5.82 Å². The van der Waals surface area contributed by atoms with Crippen molar-refractivity contribution in [3.05, 3.63) is 29.6 Å². The molecule has 1 unspecified atom stereocenters. The number of anilines is 1. The van der Waals surface area contributed by atoms with Crippen molar-refractivity contribution < 1.29 is 9.18 Å². The molecular weight excluding hydrogens is 243 g/mol. The fourth-order valence-electron chi connectivity index (χ4n) is 1.99. The summed E-state index contributed by atoms with van der Waals surface area (Å²) in [6, 6.07) is 4.64. The number of carbonyl (C=O) groups is 1. The molecule has 0 heterocycles. The first-order chi connectivity index (χ1) is 8.73. The van der Waals surface area contributed by atoms with Gasteiger partial charge in [0.2, 0.25) is 5.91 Å². The first kappa shape index (κ1) is 15.6. The molecule has 4 heteroatoms. The molecule has 106 valence electrons. The molecule has 0 radical (unpaired) electrons. The molecule has 19 heavy (non-hydrogen) atoms. The zero-order valence-corrected chi connectivity index (χ0v) is 12.1. The first-order valence-electron chi connectivity index (χ1n) is 6.50. The molecule has 0 aliphatic heterocycles. The molecule has 3 N–H and O–H groups in total. The molecule has 1 rings (SSSR count). The van der Waals surface area contributed by atoms with Crippen LogP contribution in [0, 0.1) is 24.1 Å². The number of hydrogen-bond donors (Lipinski definition) is 2. The Morgan fingerprint density at radius 2 is 2.05 bits per heavy atom. The molecule has 1 aromatic carbocycles. The van der Waals surface area contributed by atoms with Crippen molar-refractivity contribution in [1.82, 2.24) is 0 Å². The predicted molar refractivity (Wildman–Crippen MR) is 76.4 cm³/mol. The van der Waals surface area contributed by atoms with Crippen LogP contribution >= 0.6 is 0 Å². The molecule has 1 aromatic rings. The van der Waals surface area contributed by atoms with E-state index in [1.807, 2.05) is 6.92 Å². The van der Waals surface area contributed by atoms with Gasteiger partial charge in [-0.1, -0.05) is 26.8 Å². The number of nitrogens with two attached hydrogens (primary N) is 1. The standard InChI is InChI=1S/C15H23FN2O/c1-10-5-6-12(16)13(7-10)18-14(19)11(9-17)8-15(2,3)4/h5-7,11H,8-9,17H2,1-4H3,(H,18,19). The smallest absolute Gasteiger partial charge is 0.228 e. The second-order valence-corrected chi connectivity index (χ2v) is 6.17. The summed E-state index contributed by atoms with van der Waals surface area (Å²) in [5, 5.41) is 2.63. The molecule has 0 spiro atoms. The Morgan fingerprint density at radius 1 is 1.42 bits per heavy atom. The molecule has 0 aromatic heterocycles. The van der Waals surface area contributed by atoms with Crippen LogP contribution in [0.2, 0.25) is 0 Å². The van der Waals surface area contributed by atoms with E-state index < -0.39 is 5.82 Å². The van der Waals surface area contributed by atoms with E-state index in [0.29, 0.717) is 6.42 Å². The van der Waals surface area contributed by atoms with Crippen LogP contribution in [0.25, 0.3) is 0 Å². The fourth-order valence-corrected chi connectivity index (χ4v) is 1.99. The quantitative estimate of drug-likeness (QED) is 0.880. The summed E-state index contributed by atoms with van der Waals surface area (Å²) in [6.07, 6.45) is 0.669. The fraction of sp³-hybridized carbons (Fsp3) is 0.533. The van der Waals surface area contributed by atoms with E-state index in [4.69, 9.17) is 5.73 Å². The molecule has 0 bridgehead atoms. The number of hydrogen-bond acceptors (Lipinski definition) is 2. The summed E-state index contributed by atoms with van der Waals surface area (Å²) in [7, 11) is 0. The van der Waals surface area contributed by atoms with Crippen molar-refractivity contribution >= 4 is 11.6 Å². The van der Waals surface area contributed by atoms with Gasteiger partial charge in [0.05, 0.1) is 11.6 Å². The Morgan fingerprint density at radius 3 is 2.58 bits per heavy atom. The minimum Gasteiger partial charge on any atom is -0.330 e. The average molecular weight is 266 g/mol. The maximum Gasteiger partial charge on any atom is 0.228 e. The van der Waals surface area contributed by atoms with Crippen molar-refractivity contribution in [2.75, 3.05) is 11.9 Å². The number of aryl methyl sites for hydroxylation is 1. The summed E-state index contributed by atoms with van der Waals surface area (Å²) in [6.45, 7) is 8.27. The van der Waals surface area contributed by atoms with Gasteiger partial charge in [-0.05, 0) is 36.5 Å². The third kappa shape index (κ3) is 4.99. The van der Waals surface area contributed by atoms with Gasteiger partial charge in [0, 0.05) is 6.54 Å². The van der Waals surface area contributed by atoms with E-state index in [1.165, 1.54) is 6.07 Å². The molecule has 0 aliphatic rings. The Balaban J connectivity index is 2.80. The molecule has 1 atom stereocenters. The molecule has 0 fully saturated rings. The van der Waals surface area contributed by atoms with Crippen molar-refractivity contribution in [2.45, 2.75) is 34.1 Å². The monoisotopic (exact) mass is 266 g/mol. The first-order valence-corrected chi connectivity index (χ1v) is 6.50. The lowest BCUT2D eigenvalue weighted by Crippen LogP contribution is -2.32. The van der Waals surface area contributed by atoms with Crippen LogP contribution in [0.4, 0.5) is 10.1 Å². The highest BCUT2D eigenvalue weighted by Crippen LogP contribution is 2.25.